The van der Waals surface area contributed by atoms with E-state index < -0.39 is 21.7 Å². The number of rotatable bonds is 4. The van der Waals surface area contributed by atoms with Gasteiger partial charge in [0.05, 0.1) is 0 Å². The zero-order chi connectivity index (χ0) is 10.7. The molecule has 0 atom stereocenters. The van der Waals surface area contributed by atoms with Crippen LogP contribution in [0.3, 0.4) is 0 Å². The molecule has 6 heteroatoms. The Bertz CT molecular complexity index is 227. The van der Waals surface area contributed by atoms with Gasteiger partial charge in [-0.1, -0.05) is 0 Å². The highest BCUT2D eigenvalue weighted by atomic mass is 31.2. The van der Waals surface area contributed by atoms with Gasteiger partial charge >= 0.3 is 5.97 Å². The summed E-state index contributed by atoms with van der Waals surface area (Å²) in [6.45, 7) is 8.44. The molecule has 0 amide bonds. The lowest BCUT2D eigenvalue weighted by Gasteiger charge is -2.17. The number of hydrogen-bond acceptors (Lipinski definition) is 4. The van der Waals surface area contributed by atoms with Gasteiger partial charge < -0.3 is 8.95 Å². The second-order valence-electron chi connectivity index (χ2n) is 4.11. The first-order valence-corrected chi connectivity index (χ1v) is 9.94. The molecule has 0 radical (unpaired) electrons. The van der Waals surface area contributed by atoms with Crippen molar-refractivity contribution < 1.29 is 18.3 Å². The molecule has 0 aromatic heterocycles. The Morgan fingerprint density at radius 2 is 1.77 bits per heavy atom. The van der Waals surface area contributed by atoms with Gasteiger partial charge in [-0.2, -0.15) is 0 Å². The van der Waals surface area contributed by atoms with Crippen molar-refractivity contribution in [2.24, 2.45) is 0 Å². The van der Waals surface area contributed by atoms with E-state index in [4.69, 9.17) is 8.95 Å². The zero-order valence-corrected chi connectivity index (χ0v) is 10.7. The lowest BCUT2D eigenvalue weighted by molar-refractivity contribution is -0.137. The molecule has 0 rings (SSSR count). The maximum atomic E-state index is 11.1. The van der Waals surface area contributed by atoms with Gasteiger partial charge in [-0.25, -0.2) is 0 Å². The van der Waals surface area contributed by atoms with Crippen LogP contribution in [0.25, 0.3) is 0 Å². The summed E-state index contributed by atoms with van der Waals surface area (Å²) < 4.78 is 21.0. The predicted octanol–water partition coefficient (Wildman–Crippen LogP) is 1.92. The fourth-order valence-electron chi connectivity index (χ4n) is 0.579. The molecule has 0 aliphatic heterocycles. The number of carbonyl (C=O) groups is 1. The van der Waals surface area contributed by atoms with Gasteiger partial charge in [0.15, 0.2) is 14.0 Å². The minimum Gasteiger partial charge on any atom is -0.518 e. The average Bonchev–Trinajstić information content (AvgIpc) is 1.78. The predicted molar refractivity (Wildman–Crippen MR) is 54.8 cm³/mol. The van der Waals surface area contributed by atoms with Crippen LogP contribution in [-0.2, 0) is 18.3 Å². The van der Waals surface area contributed by atoms with E-state index >= 15 is 0 Å². The lowest BCUT2D eigenvalue weighted by Crippen LogP contribution is -2.30. The Hall–Kier alpha value is -0.123. The van der Waals surface area contributed by atoms with Crippen molar-refractivity contribution in [1.82, 2.24) is 0 Å². The van der Waals surface area contributed by atoms with E-state index in [1.807, 2.05) is 19.6 Å². The topological polar surface area (TPSA) is 52.6 Å². The van der Waals surface area contributed by atoms with Crippen LogP contribution in [0, 0.1) is 0 Å². The summed E-state index contributed by atoms with van der Waals surface area (Å²) in [6, 6.07) is 0. The summed E-state index contributed by atoms with van der Waals surface area (Å²) in [5, 5.41) is 0. The van der Waals surface area contributed by atoms with Crippen molar-refractivity contribution in [2.45, 2.75) is 19.6 Å². The van der Waals surface area contributed by atoms with Crippen molar-refractivity contribution in [3.8, 4) is 0 Å². The van der Waals surface area contributed by atoms with Gasteiger partial charge in [0, 0.05) is 13.3 Å². The standard InChI is InChI=1S/C7H17O4PSi/c1-12(2,9)10-6-7(8)11-13(3,4)5/h6H2,1-5H3. The third-order valence-corrected chi connectivity index (χ3v) is 2.50. The van der Waals surface area contributed by atoms with E-state index in [1.165, 1.54) is 13.3 Å². The highest BCUT2D eigenvalue weighted by Gasteiger charge is 2.21. The van der Waals surface area contributed by atoms with Crippen LogP contribution in [0.15, 0.2) is 0 Å². The summed E-state index contributed by atoms with van der Waals surface area (Å²) in [5.74, 6) is -0.428. The summed E-state index contributed by atoms with van der Waals surface area (Å²) in [6.07, 6.45) is 0. The minimum absolute atomic E-state index is 0.214. The zero-order valence-electron chi connectivity index (χ0n) is 8.79. The van der Waals surface area contributed by atoms with Crippen LogP contribution in [0.2, 0.25) is 19.6 Å². The van der Waals surface area contributed by atoms with Crippen LogP contribution in [0.1, 0.15) is 0 Å². The van der Waals surface area contributed by atoms with Crippen LogP contribution < -0.4 is 0 Å². The first kappa shape index (κ1) is 12.9. The van der Waals surface area contributed by atoms with E-state index in [9.17, 15) is 9.36 Å². The lowest BCUT2D eigenvalue weighted by atomic mass is 10.8. The largest absolute Gasteiger partial charge is 0.518 e. The fourth-order valence-corrected chi connectivity index (χ4v) is 1.74. The second kappa shape index (κ2) is 4.40. The van der Waals surface area contributed by atoms with Gasteiger partial charge in [0.25, 0.3) is 0 Å². The Morgan fingerprint density at radius 3 is 2.08 bits per heavy atom. The first-order chi connectivity index (χ1) is 5.60. The Morgan fingerprint density at radius 1 is 1.31 bits per heavy atom. The first-order valence-electron chi connectivity index (χ1n) is 4.01. The maximum Gasteiger partial charge on any atom is 0.319 e. The molecule has 13 heavy (non-hydrogen) atoms. The molecule has 0 heterocycles. The maximum absolute atomic E-state index is 11.1. The molecule has 0 aliphatic carbocycles. The van der Waals surface area contributed by atoms with Crippen molar-refractivity contribution in [2.75, 3.05) is 19.9 Å². The van der Waals surface area contributed by atoms with E-state index in [1.54, 1.807) is 0 Å². The SMILES string of the molecule is C[Si](C)(C)OC(=O)COP(C)(C)=O. The van der Waals surface area contributed by atoms with Crippen LogP contribution >= 0.6 is 7.37 Å². The quantitative estimate of drug-likeness (QED) is 0.540. The van der Waals surface area contributed by atoms with E-state index in [-0.39, 0.29) is 6.61 Å². The second-order valence-corrected chi connectivity index (χ2v) is 11.3. The van der Waals surface area contributed by atoms with Gasteiger partial charge in [0.2, 0.25) is 8.32 Å². The molecule has 4 nitrogen and oxygen atoms in total. The summed E-state index contributed by atoms with van der Waals surface area (Å²) >= 11 is 0. The molecule has 0 N–H and O–H groups in total. The van der Waals surface area contributed by atoms with Crippen LogP contribution in [-0.4, -0.2) is 34.2 Å². The number of hydrogen-bond donors (Lipinski definition) is 0. The van der Waals surface area contributed by atoms with Gasteiger partial charge in [-0.05, 0) is 19.6 Å². The molecule has 0 aromatic carbocycles. The highest BCUT2D eigenvalue weighted by molar-refractivity contribution is 7.57. The molecule has 0 aliphatic rings. The van der Waals surface area contributed by atoms with Crippen LogP contribution in [0.5, 0.6) is 0 Å². The molecule has 0 fully saturated rings. The van der Waals surface area contributed by atoms with Crippen molar-refractivity contribution in [3.63, 3.8) is 0 Å². The smallest absolute Gasteiger partial charge is 0.319 e. The third-order valence-electron chi connectivity index (χ3n) is 0.913. The van der Waals surface area contributed by atoms with E-state index in [0.29, 0.717) is 0 Å². The normalized spacial score (nSPS) is 12.7. The summed E-state index contributed by atoms with van der Waals surface area (Å²) in [7, 11) is -4.41. The molecule has 0 aromatic rings. The van der Waals surface area contributed by atoms with Gasteiger partial charge in [-0.15, -0.1) is 0 Å². The monoisotopic (exact) mass is 224 g/mol. The molecule has 0 bridgehead atoms. The number of carbonyl (C=O) groups excluding carboxylic acids is 1. The summed E-state index contributed by atoms with van der Waals surface area (Å²) in [5.41, 5.74) is 0. The van der Waals surface area contributed by atoms with Crippen LogP contribution in [0.4, 0.5) is 0 Å². The average molecular weight is 224 g/mol. The highest BCUT2D eigenvalue weighted by Crippen LogP contribution is 2.36. The van der Waals surface area contributed by atoms with Gasteiger partial charge in [0.1, 0.15) is 0 Å². The van der Waals surface area contributed by atoms with E-state index in [0.717, 1.165) is 0 Å². The Kier molecular flexibility index (Phi) is 4.36. The fraction of sp³-hybridized carbons (Fsp3) is 0.857. The molecule has 0 saturated heterocycles. The van der Waals surface area contributed by atoms with Crippen molar-refractivity contribution >= 4 is 21.7 Å². The molecule has 78 valence electrons. The third kappa shape index (κ3) is 9.79. The molecular formula is C7H17O4PSi. The molecule has 0 unspecified atom stereocenters. The van der Waals surface area contributed by atoms with Gasteiger partial charge in [-0.3, -0.25) is 9.36 Å². The Balaban J connectivity index is 3.85. The van der Waals surface area contributed by atoms with Crippen molar-refractivity contribution in [1.29, 1.82) is 0 Å². The summed E-state index contributed by atoms with van der Waals surface area (Å²) in [4.78, 5) is 11.1. The van der Waals surface area contributed by atoms with E-state index in [2.05, 4.69) is 0 Å². The Labute approximate surface area is 80.2 Å². The minimum atomic E-state index is -2.57. The molecule has 0 spiro atoms. The van der Waals surface area contributed by atoms with Crippen molar-refractivity contribution in [3.05, 3.63) is 0 Å². The molecular weight excluding hydrogens is 207 g/mol. The molecule has 0 saturated carbocycles.